The van der Waals surface area contributed by atoms with Crippen LogP contribution >= 0.6 is 11.3 Å². The van der Waals surface area contributed by atoms with Crippen molar-refractivity contribution in [1.29, 1.82) is 0 Å². The van der Waals surface area contributed by atoms with Gasteiger partial charge in [0.1, 0.15) is 5.82 Å². The predicted molar refractivity (Wildman–Crippen MR) is 119 cm³/mol. The maximum absolute atomic E-state index is 13.9. The summed E-state index contributed by atoms with van der Waals surface area (Å²) < 4.78 is 15.4. The van der Waals surface area contributed by atoms with Gasteiger partial charge >= 0.3 is 0 Å². The van der Waals surface area contributed by atoms with E-state index in [2.05, 4.69) is 21.0 Å². The van der Waals surface area contributed by atoms with E-state index in [1.807, 2.05) is 42.8 Å². The molecule has 2 aromatic heterocycles. The highest BCUT2D eigenvalue weighted by Crippen LogP contribution is 2.27. The molecule has 4 aromatic rings. The first-order valence-corrected chi connectivity index (χ1v) is 10.8. The van der Waals surface area contributed by atoms with E-state index in [9.17, 15) is 9.18 Å². The van der Waals surface area contributed by atoms with E-state index < -0.39 is 0 Å². The molecule has 0 aliphatic carbocycles. The monoisotopic (exact) mass is 433 g/mol. The minimum absolute atomic E-state index is 0.106. The van der Waals surface area contributed by atoms with E-state index in [1.165, 1.54) is 23.5 Å². The van der Waals surface area contributed by atoms with E-state index >= 15 is 0 Å². The summed E-state index contributed by atoms with van der Waals surface area (Å²) in [6.45, 7) is 1.76. The Kier molecular flexibility index (Phi) is 4.99. The average Bonchev–Trinajstić information content (AvgIpc) is 3.43. The maximum Gasteiger partial charge on any atom is 0.293 e. The van der Waals surface area contributed by atoms with Crippen molar-refractivity contribution >= 4 is 22.9 Å². The Morgan fingerprint density at radius 1 is 1.06 bits per heavy atom. The van der Waals surface area contributed by atoms with Crippen LogP contribution in [-0.2, 0) is 6.54 Å². The lowest BCUT2D eigenvalue weighted by atomic mass is 10.1. The highest BCUT2D eigenvalue weighted by atomic mass is 32.1. The Bertz CT molecular complexity index is 1240. The quantitative estimate of drug-likeness (QED) is 0.485. The second kappa shape index (κ2) is 7.96. The number of hydrogen-bond donors (Lipinski definition) is 0. The first-order valence-electron chi connectivity index (χ1n) is 9.95. The van der Waals surface area contributed by atoms with Gasteiger partial charge < -0.3 is 9.80 Å². The second-order valence-corrected chi connectivity index (χ2v) is 8.35. The Balaban J connectivity index is 1.53. The third kappa shape index (κ3) is 3.70. The molecule has 0 fully saturated rings. The number of rotatable bonds is 3. The van der Waals surface area contributed by atoms with Crippen molar-refractivity contribution < 1.29 is 9.18 Å². The zero-order valence-electron chi connectivity index (χ0n) is 16.9. The molecule has 0 bridgehead atoms. The van der Waals surface area contributed by atoms with Crippen molar-refractivity contribution in [1.82, 2.24) is 19.7 Å². The number of nitrogens with zero attached hydrogens (tertiary/aromatic N) is 5. The van der Waals surface area contributed by atoms with Gasteiger partial charge in [0.05, 0.1) is 10.6 Å². The molecule has 1 amide bonds. The fourth-order valence-electron chi connectivity index (χ4n) is 3.76. The van der Waals surface area contributed by atoms with E-state index in [0.717, 1.165) is 16.1 Å². The van der Waals surface area contributed by atoms with Gasteiger partial charge in [-0.1, -0.05) is 30.3 Å². The summed E-state index contributed by atoms with van der Waals surface area (Å²) in [4.78, 5) is 22.8. The number of halogens is 1. The zero-order chi connectivity index (χ0) is 21.4. The van der Waals surface area contributed by atoms with Gasteiger partial charge in [0.25, 0.3) is 5.91 Å². The van der Waals surface area contributed by atoms with Gasteiger partial charge in [0.2, 0.25) is 5.82 Å². The molecule has 0 saturated carbocycles. The van der Waals surface area contributed by atoms with E-state index in [1.54, 1.807) is 21.7 Å². The molecule has 0 radical (unpaired) electrons. The Morgan fingerprint density at radius 3 is 2.74 bits per heavy atom. The molecule has 0 spiro atoms. The first kappa shape index (κ1) is 19.4. The molecule has 8 heteroatoms. The normalized spacial score (nSPS) is 13.7. The van der Waals surface area contributed by atoms with E-state index in [4.69, 9.17) is 0 Å². The molecular weight excluding hydrogens is 413 g/mol. The standard InChI is InChI=1S/C23H20FN5OS/c1-27-11-12-28(15-16-6-2-3-9-19(16)27)23(30)21-25-22(20-10-5-13-31-20)29(26-21)18-8-4-7-17(24)14-18/h2-10,13-14H,11-12,15H2,1H3. The summed E-state index contributed by atoms with van der Waals surface area (Å²) in [5, 5.41) is 6.43. The second-order valence-electron chi connectivity index (χ2n) is 7.40. The number of amides is 1. The predicted octanol–water partition coefficient (Wildman–Crippen LogP) is 4.23. The van der Waals surface area contributed by atoms with Crippen LogP contribution in [0.15, 0.2) is 66.0 Å². The van der Waals surface area contributed by atoms with Gasteiger partial charge in [-0.3, -0.25) is 4.79 Å². The molecule has 0 atom stereocenters. The van der Waals surface area contributed by atoms with Gasteiger partial charge in [-0.2, -0.15) is 0 Å². The molecule has 31 heavy (non-hydrogen) atoms. The van der Waals surface area contributed by atoms with Crippen LogP contribution in [0.5, 0.6) is 0 Å². The molecule has 156 valence electrons. The molecule has 2 aromatic carbocycles. The van der Waals surface area contributed by atoms with Gasteiger partial charge in [0, 0.05) is 32.4 Å². The Hall–Kier alpha value is -3.52. The molecule has 3 heterocycles. The Labute approximate surface area is 183 Å². The molecule has 1 aliphatic heterocycles. The number of benzene rings is 2. The van der Waals surface area contributed by atoms with Gasteiger partial charge in [-0.15, -0.1) is 16.4 Å². The van der Waals surface area contributed by atoms with Crippen LogP contribution in [-0.4, -0.2) is 45.7 Å². The Morgan fingerprint density at radius 2 is 1.94 bits per heavy atom. The summed E-state index contributed by atoms with van der Waals surface area (Å²) in [6, 6.07) is 18.0. The highest BCUT2D eigenvalue weighted by molar-refractivity contribution is 7.13. The summed E-state index contributed by atoms with van der Waals surface area (Å²) in [7, 11) is 2.03. The van der Waals surface area contributed by atoms with Crippen molar-refractivity contribution in [3.05, 3.63) is 83.2 Å². The van der Waals surface area contributed by atoms with Crippen molar-refractivity contribution in [2.24, 2.45) is 0 Å². The topological polar surface area (TPSA) is 54.3 Å². The third-order valence-electron chi connectivity index (χ3n) is 5.35. The van der Waals surface area contributed by atoms with Crippen LogP contribution in [0.4, 0.5) is 10.1 Å². The number of likely N-dealkylation sites (N-methyl/N-ethyl adjacent to an activating group) is 1. The zero-order valence-corrected chi connectivity index (χ0v) is 17.7. The third-order valence-corrected chi connectivity index (χ3v) is 6.22. The number of carbonyl (C=O) groups is 1. The minimum atomic E-state index is -0.370. The number of para-hydroxylation sites is 1. The fourth-order valence-corrected chi connectivity index (χ4v) is 4.46. The maximum atomic E-state index is 13.9. The molecule has 1 aliphatic rings. The number of hydrogen-bond acceptors (Lipinski definition) is 5. The highest BCUT2D eigenvalue weighted by Gasteiger charge is 2.27. The SMILES string of the molecule is CN1CCN(C(=O)c2nc(-c3cccs3)n(-c3cccc(F)c3)n2)Cc2ccccc21. The van der Waals surface area contributed by atoms with Crippen molar-refractivity contribution in [3.63, 3.8) is 0 Å². The lowest BCUT2D eigenvalue weighted by molar-refractivity contribution is 0.0739. The summed E-state index contributed by atoms with van der Waals surface area (Å²) in [5.74, 6) is 0.0224. The minimum Gasteiger partial charge on any atom is -0.373 e. The molecule has 0 N–H and O–H groups in total. The van der Waals surface area contributed by atoms with Gasteiger partial charge in [-0.05, 0) is 41.3 Å². The number of anilines is 1. The average molecular weight is 434 g/mol. The lowest BCUT2D eigenvalue weighted by Gasteiger charge is -2.19. The van der Waals surface area contributed by atoms with E-state index in [-0.39, 0.29) is 17.5 Å². The number of aromatic nitrogens is 3. The van der Waals surface area contributed by atoms with Crippen molar-refractivity contribution in [3.8, 4) is 16.4 Å². The molecule has 0 unspecified atom stereocenters. The summed E-state index contributed by atoms with van der Waals surface area (Å²) >= 11 is 1.50. The van der Waals surface area contributed by atoms with Gasteiger partial charge in [0.15, 0.2) is 5.82 Å². The lowest BCUT2D eigenvalue weighted by Crippen LogP contribution is -2.35. The van der Waals surface area contributed by atoms with Crippen molar-refractivity contribution in [2.45, 2.75) is 6.54 Å². The molecule has 5 rings (SSSR count). The summed E-state index contributed by atoms with van der Waals surface area (Å²) in [6.07, 6.45) is 0. The fraction of sp³-hybridized carbons (Fsp3) is 0.174. The molecule has 0 saturated heterocycles. The molecule has 6 nitrogen and oxygen atoms in total. The van der Waals surface area contributed by atoms with Crippen LogP contribution in [0.1, 0.15) is 16.2 Å². The van der Waals surface area contributed by atoms with Crippen LogP contribution in [0.2, 0.25) is 0 Å². The van der Waals surface area contributed by atoms with Crippen molar-refractivity contribution in [2.75, 3.05) is 25.0 Å². The number of carbonyl (C=O) groups excluding carboxylic acids is 1. The first-order chi connectivity index (χ1) is 15.1. The number of thiophene rings is 1. The molecular formula is C23H20FN5OS. The van der Waals surface area contributed by atoms with Crippen LogP contribution in [0, 0.1) is 5.82 Å². The summed E-state index contributed by atoms with van der Waals surface area (Å²) in [5.41, 5.74) is 2.73. The van der Waals surface area contributed by atoms with Crippen LogP contribution in [0.25, 0.3) is 16.4 Å². The van der Waals surface area contributed by atoms with Gasteiger partial charge in [-0.25, -0.2) is 14.1 Å². The van der Waals surface area contributed by atoms with Crippen LogP contribution in [0.3, 0.4) is 0 Å². The van der Waals surface area contributed by atoms with Crippen LogP contribution < -0.4 is 4.90 Å². The van der Waals surface area contributed by atoms with E-state index in [0.29, 0.717) is 31.1 Å². The smallest absolute Gasteiger partial charge is 0.293 e. The largest absolute Gasteiger partial charge is 0.373 e. The number of fused-ring (bicyclic) bond motifs is 1.